The minimum atomic E-state index is -1.07. The van der Waals surface area contributed by atoms with Gasteiger partial charge in [-0.25, -0.2) is 9.18 Å². The lowest BCUT2D eigenvalue weighted by molar-refractivity contribution is -0.145. The van der Waals surface area contributed by atoms with Gasteiger partial charge in [0, 0.05) is 24.6 Å². The number of carbonyl (C=O) groups is 2. The molecule has 2 N–H and O–H groups in total. The number of fused-ring (bicyclic) bond motifs is 1. The van der Waals surface area contributed by atoms with Gasteiger partial charge in [-0.1, -0.05) is 42.5 Å². The van der Waals surface area contributed by atoms with Crippen LogP contribution in [0.5, 0.6) is 17.2 Å². The van der Waals surface area contributed by atoms with Gasteiger partial charge in [0.1, 0.15) is 17.3 Å². The number of para-hydroxylation sites is 1. The Bertz CT molecular complexity index is 1330. The number of halogens is 1. The van der Waals surface area contributed by atoms with Gasteiger partial charge in [0.25, 0.3) is 0 Å². The molecule has 0 aromatic heterocycles. The van der Waals surface area contributed by atoms with E-state index < -0.39 is 18.0 Å². The van der Waals surface area contributed by atoms with Crippen LogP contribution in [0, 0.1) is 5.82 Å². The highest BCUT2D eigenvalue weighted by atomic mass is 19.1. The van der Waals surface area contributed by atoms with E-state index in [9.17, 15) is 19.1 Å². The summed E-state index contributed by atoms with van der Waals surface area (Å²) in [7, 11) is 0. The second kappa shape index (κ2) is 14.0. The third-order valence-corrected chi connectivity index (χ3v) is 6.31. The van der Waals surface area contributed by atoms with E-state index in [1.807, 2.05) is 59.5 Å². The fourth-order valence-electron chi connectivity index (χ4n) is 4.29. The molecule has 9 heteroatoms. The molecule has 0 saturated heterocycles. The highest BCUT2D eigenvalue weighted by Gasteiger charge is 2.31. The monoisotopic (exact) mass is 549 g/mol. The Kier molecular flexibility index (Phi) is 9.99. The van der Waals surface area contributed by atoms with E-state index in [4.69, 9.17) is 19.3 Å². The van der Waals surface area contributed by atoms with Gasteiger partial charge in [-0.05, 0) is 55.2 Å². The van der Waals surface area contributed by atoms with E-state index in [1.54, 1.807) is 12.1 Å². The number of benzene rings is 3. The molecule has 0 saturated carbocycles. The van der Waals surface area contributed by atoms with Crippen molar-refractivity contribution >= 4 is 29.8 Å². The summed E-state index contributed by atoms with van der Waals surface area (Å²) in [5.74, 6) is -0.550. The van der Waals surface area contributed by atoms with Gasteiger partial charge in [0.05, 0.1) is 25.4 Å². The maximum absolute atomic E-state index is 13.2. The number of nitrogens with zero attached hydrogens (tertiary/aromatic N) is 1. The summed E-state index contributed by atoms with van der Waals surface area (Å²) in [6, 6.07) is 19.3. The molecule has 0 aliphatic carbocycles. The zero-order valence-corrected chi connectivity index (χ0v) is 22.0. The Labute approximate surface area is 232 Å². The lowest BCUT2D eigenvalue weighted by Gasteiger charge is -2.35. The Balaban J connectivity index is 1.31. The Morgan fingerprint density at radius 2 is 1.65 bits per heavy atom. The normalized spacial score (nSPS) is 14.4. The van der Waals surface area contributed by atoms with Crippen molar-refractivity contribution in [3.05, 3.63) is 83.7 Å². The molecule has 0 spiro atoms. The zero-order chi connectivity index (χ0) is 28.3. The average Bonchev–Trinajstić information content (AvgIpc) is 2.94. The predicted molar refractivity (Wildman–Crippen MR) is 150 cm³/mol. The summed E-state index contributed by atoms with van der Waals surface area (Å²) < 4.78 is 30.4. The van der Waals surface area contributed by atoms with E-state index in [-0.39, 0.29) is 18.8 Å². The number of carboxylic acids is 2. The summed E-state index contributed by atoms with van der Waals surface area (Å²) in [6.45, 7) is 1.58. The van der Waals surface area contributed by atoms with Gasteiger partial charge in [0.2, 0.25) is 6.10 Å². The van der Waals surface area contributed by atoms with Gasteiger partial charge in [-0.3, -0.25) is 4.79 Å². The fourth-order valence-corrected chi connectivity index (χ4v) is 4.29. The van der Waals surface area contributed by atoms with Crippen molar-refractivity contribution in [1.29, 1.82) is 0 Å². The smallest absolute Gasteiger partial charge is 0.346 e. The Morgan fingerprint density at radius 3 is 2.35 bits per heavy atom. The molecule has 1 aliphatic rings. The first-order chi connectivity index (χ1) is 19.4. The van der Waals surface area contributed by atoms with E-state index in [0.717, 1.165) is 35.4 Å². The second-order valence-electron chi connectivity index (χ2n) is 9.35. The third-order valence-electron chi connectivity index (χ3n) is 6.31. The highest BCUT2D eigenvalue weighted by Crippen LogP contribution is 2.38. The van der Waals surface area contributed by atoms with Crippen molar-refractivity contribution in [2.24, 2.45) is 0 Å². The predicted octanol–water partition coefficient (Wildman–Crippen LogP) is 5.75. The van der Waals surface area contributed by atoms with Crippen LogP contribution in [0.1, 0.15) is 36.8 Å². The number of aliphatic carboxylic acids is 2. The Morgan fingerprint density at radius 1 is 0.925 bits per heavy atom. The van der Waals surface area contributed by atoms with Crippen molar-refractivity contribution in [3.8, 4) is 17.2 Å². The standard InChI is InChI=1S/C31H32FNO7/c32-24-7-4-8-26(20-24)39-19-2-1-18-38-25-15-12-22(13-16-25)11-14-23-6-3-9-27-30(23)40-28(31(36)37)21-33(27)17-5-10-29(34)35/h3-4,6-9,11-16,20,28H,1-2,5,10,17-19,21H2,(H,34,35)(H,36,37)/b14-11+. The van der Waals surface area contributed by atoms with Gasteiger partial charge in [-0.15, -0.1) is 0 Å². The van der Waals surface area contributed by atoms with E-state index in [0.29, 0.717) is 37.7 Å². The zero-order valence-electron chi connectivity index (χ0n) is 22.0. The van der Waals surface area contributed by atoms with E-state index in [1.165, 1.54) is 12.1 Å². The first-order valence-electron chi connectivity index (χ1n) is 13.2. The lowest BCUT2D eigenvalue weighted by atomic mass is 10.1. The molecular weight excluding hydrogens is 517 g/mol. The number of hydrogen-bond donors (Lipinski definition) is 2. The summed E-state index contributed by atoms with van der Waals surface area (Å²) >= 11 is 0. The van der Waals surface area contributed by atoms with Crippen LogP contribution in [-0.2, 0) is 9.59 Å². The van der Waals surface area contributed by atoms with Crippen molar-refractivity contribution in [1.82, 2.24) is 0 Å². The van der Waals surface area contributed by atoms with Crippen molar-refractivity contribution in [2.45, 2.75) is 31.8 Å². The van der Waals surface area contributed by atoms with Gasteiger partial charge < -0.3 is 29.3 Å². The number of ether oxygens (including phenoxy) is 3. The molecule has 4 rings (SSSR count). The molecule has 0 fully saturated rings. The minimum Gasteiger partial charge on any atom is -0.494 e. The summed E-state index contributed by atoms with van der Waals surface area (Å²) in [5, 5.41) is 18.6. The van der Waals surface area contributed by atoms with Gasteiger partial charge in [0.15, 0.2) is 5.75 Å². The molecule has 0 amide bonds. The summed E-state index contributed by atoms with van der Waals surface area (Å²) in [4.78, 5) is 24.5. The van der Waals surface area contributed by atoms with Crippen LogP contribution in [0.2, 0.25) is 0 Å². The number of unbranched alkanes of at least 4 members (excludes halogenated alkanes) is 1. The molecule has 1 heterocycles. The highest BCUT2D eigenvalue weighted by molar-refractivity contribution is 5.81. The number of hydrogen-bond acceptors (Lipinski definition) is 6. The Hall–Kier alpha value is -4.53. The van der Waals surface area contributed by atoms with Crippen LogP contribution in [0.4, 0.5) is 10.1 Å². The molecule has 210 valence electrons. The molecule has 3 aromatic rings. The van der Waals surface area contributed by atoms with Crippen molar-refractivity contribution in [3.63, 3.8) is 0 Å². The molecule has 0 bridgehead atoms. The minimum absolute atomic E-state index is 0.00865. The van der Waals surface area contributed by atoms with Gasteiger partial charge in [-0.2, -0.15) is 0 Å². The molecule has 1 unspecified atom stereocenters. The van der Waals surface area contributed by atoms with Crippen LogP contribution < -0.4 is 19.1 Å². The first kappa shape index (κ1) is 28.5. The first-order valence-corrected chi connectivity index (χ1v) is 13.2. The third kappa shape index (κ3) is 8.23. The molecule has 8 nitrogen and oxygen atoms in total. The maximum Gasteiger partial charge on any atom is 0.346 e. The molecule has 40 heavy (non-hydrogen) atoms. The van der Waals surface area contributed by atoms with E-state index >= 15 is 0 Å². The molecule has 1 aliphatic heterocycles. The maximum atomic E-state index is 13.2. The van der Waals surface area contributed by atoms with E-state index in [2.05, 4.69) is 0 Å². The lowest BCUT2D eigenvalue weighted by Crippen LogP contribution is -2.45. The molecular formula is C31H32FNO7. The average molecular weight is 550 g/mol. The van der Waals surface area contributed by atoms with Crippen LogP contribution in [0.3, 0.4) is 0 Å². The van der Waals surface area contributed by atoms with Crippen LogP contribution in [0.15, 0.2) is 66.7 Å². The van der Waals surface area contributed by atoms with Crippen LogP contribution in [-0.4, -0.2) is 54.6 Å². The molecule has 3 aromatic carbocycles. The van der Waals surface area contributed by atoms with Crippen LogP contribution in [0.25, 0.3) is 12.2 Å². The number of anilines is 1. The summed E-state index contributed by atoms with van der Waals surface area (Å²) in [5.41, 5.74) is 2.40. The molecule has 1 atom stereocenters. The van der Waals surface area contributed by atoms with Gasteiger partial charge >= 0.3 is 11.9 Å². The van der Waals surface area contributed by atoms with Crippen molar-refractivity contribution < 1.29 is 38.4 Å². The fraction of sp³-hybridized carbons (Fsp3) is 0.290. The number of carboxylic acid groups (broad SMARTS) is 2. The quantitative estimate of drug-likeness (QED) is 0.193. The SMILES string of the molecule is O=C(O)CCCN1CC(C(=O)O)Oc2c(/C=C/c3ccc(OCCCCOc4cccc(F)c4)cc3)cccc21. The second-order valence-corrected chi connectivity index (χ2v) is 9.35. The molecule has 0 radical (unpaired) electrons. The van der Waals surface area contributed by atoms with Crippen LogP contribution >= 0.6 is 0 Å². The topological polar surface area (TPSA) is 106 Å². The largest absolute Gasteiger partial charge is 0.494 e. The van der Waals surface area contributed by atoms with Crippen molar-refractivity contribution in [2.75, 3.05) is 31.2 Å². The summed E-state index contributed by atoms with van der Waals surface area (Å²) in [6.07, 6.45) is 4.71. The number of rotatable bonds is 14.